The summed E-state index contributed by atoms with van der Waals surface area (Å²) in [6, 6.07) is 0. The van der Waals surface area contributed by atoms with Gasteiger partial charge in [-0.15, -0.1) is 0 Å². The van der Waals surface area contributed by atoms with Gasteiger partial charge in [-0.3, -0.25) is 0 Å². The maximum Gasteiger partial charge on any atom is 0.129 e. The summed E-state index contributed by atoms with van der Waals surface area (Å²) < 4.78 is 5.65. The summed E-state index contributed by atoms with van der Waals surface area (Å²) in [4.78, 5) is 7.39. The van der Waals surface area contributed by atoms with Gasteiger partial charge in [0.1, 0.15) is 6.61 Å². The van der Waals surface area contributed by atoms with Gasteiger partial charge in [0.05, 0.1) is 24.9 Å². The molecule has 2 rings (SSSR count). The Morgan fingerprint density at radius 3 is 2.74 bits per heavy atom. The van der Waals surface area contributed by atoms with Crippen molar-refractivity contribution in [2.75, 3.05) is 40.5 Å². The molecule has 0 bridgehead atoms. The molecule has 4 atom stereocenters. The molecule has 2 aliphatic rings. The second kappa shape index (κ2) is 7.92. The molecule has 0 radical (unpaired) electrons. The number of fused-ring (bicyclic) bond motifs is 1. The second-order valence-corrected chi connectivity index (χ2v) is 7.44. The summed E-state index contributed by atoms with van der Waals surface area (Å²) in [6.07, 6.45) is 6.13. The van der Waals surface area contributed by atoms with E-state index in [-0.39, 0.29) is 24.0 Å². The molecule has 0 aromatic heterocycles. The van der Waals surface area contributed by atoms with Gasteiger partial charge in [-0.25, -0.2) is 0 Å². The van der Waals surface area contributed by atoms with Gasteiger partial charge < -0.3 is 24.7 Å². The highest BCUT2D eigenvalue weighted by Gasteiger charge is 2.58. The van der Waals surface area contributed by atoms with E-state index in [9.17, 15) is 5.11 Å². The Balaban J connectivity index is 1.90. The van der Waals surface area contributed by atoms with E-state index in [0.29, 0.717) is 19.6 Å². The predicted molar refractivity (Wildman–Crippen MR) is 89.5 cm³/mol. The number of aliphatic hydroxyl groups is 2. The molecule has 2 fully saturated rings. The minimum Gasteiger partial charge on any atom is -0.395 e. The van der Waals surface area contributed by atoms with E-state index in [4.69, 9.17) is 14.7 Å². The van der Waals surface area contributed by atoms with Crippen molar-refractivity contribution in [1.82, 2.24) is 4.90 Å². The van der Waals surface area contributed by atoms with Gasteiger partial charge in [0.2, 0.25) is 0 Å². The van der Waals surface area contributed by atoms with Gasteiger partial charge in [0, 0.05) is 30.5 Å². The summed E-state index contributed by atoms with van der Waals surface area (Å²) in [5.74, 6) is 0.241. The van der Waals surface area contributed by atoms with Crippen LogP contribution in [0, 0.1) is 11.3 Å². The third-order valence-electron chi connectivity index (χ3n) is 5.69. The van der Waals surface area contributed by atoms with Gasteiger partial charge in [-0.05, 0) is 39.8 Å². The van der Waals surface area contributed by atoms with Crippen molar-refractivity contribution >= 4 is 6.21 Å². The summed E-state index contributed by atoms with van der Waals surface area (Å²) in [5, 5.41) is 24.2. The number of hydrogen-bond acceptors (Lipinski definition) is 6. The predicted octanol–water partition coefficient (Wildman–Crippen LogP) is 1.26. The zero-order valence-electron chi connectivity index (χ0n) is 14.7. The van der Waals surface area contributed by atoms with Crippen LogP contribution in [0.2, 0.25) is 0 Å². The minimum absolute atomic E-state index is 0.0335. The molecule has 0 aliphatic heterocycles. The highest BCUT2D eigenvalue weighted by Crippen LogP contribution is 2.57. The van der Waals surface area contributed by atoms with Crippen LogP contribution in [0.5, 0.6) is 0 Å². The van der Waals surface area contributed by atoms with Crippen molar-refractivity contribution < 1.29 is 19.8 Å². The lowest BCUT2D eigenvalue weighted by Gasteiger charge is -2.48. The maximum absolute atomic E-state index is 11.1. The molecule has 23 heavy (non-hydrogen) atoms. The van der Waals surface area contributed by atoms with Crippen LogP contribution < -0.4 is 0 Å². The smallest absolute Gasteiger partial charge is 0.129 e. The molecule has 134 valence electrons. The van der Waals surface area contributed by atoms with E-state index in [1.54, 1.807) is 0 Å². The first-order chi connectivity index (χ1) is 10.9. The number of aliphatic hydroxyl groups excluding tert-OH is 1. The van der Waals surface area contributed by atoms with Crippen LogP contribution in [-0.2, 0) is 9.57 Å². The Hall–Kier alpha value is -0.690. The summed E-state index contributed by atoms with van der Waals surface area (Å²) in [5.41, 5.74) is -0.869. The normalized spacial score (nSPS) is 37.5. The first-order valence-electron chi connectivity index (χ1n) is 8.66. The molecule has 2 aliphatic carbocycles. The largest absolute Gasteiger partial charge is 0.395 e. The number of nitrogens with zero attached hydrogens (tertiary/aromatic N) is 2. The van der Waals surface area contributed by atoms with Crippen molar-refractivity contribution in [3.8, 4) is 0 Å². The van der Waals surface area contributed by atoms with Crippen molar-refractivity contribution in [2.45, 2.75) is 50.7 Å². The van der Waals surface area contributed by atoms with Crippen LogP contribution in [0.3, 0.4) is 0 Å². The van der Waals surface area contributed by atoms with Crippen LogP contribution in [-0.4, -0.2) is 73.5 Å². The number of likely N-dealkylation sites (N-methyl/N-ethyl adjacent to an activating group) is 1. The molecule has 0 aromatic carbocycles. The van der Waals surface area contributed by atoms with Crippen LogP contribution in [0.25, 0.3) is 0 Å². The van der Waals surface area contributed by atoms with E-state index in [1.807, 2.05) is 20.3 Å². The Labute approximate surface area is 139 Å². The van der Waals surface area contributed by atoms with Crippen LogP contribution in [0.15, 0.2) is 5.16 Å². The van der Waals surface area contributed by atoms with Crippen molar-refractivity contribution in [3.05, 3.63) is 0 Å². The molecule has 6 heteroatoms. The topological polar surface area (TPSA) is 74.5 Å². The Bertz CT molecular complexity index is 404. The second-order valence-electron chi connectivity index (χ2n) is 7.44. The van der Waals surface area contributed by atoms with E-state index in [2.05, 4.69) is 17.0 Å². The molecule has 0 saturated heterocycles. The van der Waals surface area contributed by atoms with Gasteiger partial charge >= 0.3 is 0 Å². The molecule has 0 heterocycles. The molecule has 0 unspecified atom stereocenters. The first-order valence-corrected chi connectivity index (χ1v) is 8.66. The van der Waals surface area contributed by atoms with Crippen LogP contribution >= 0.6 is 0 Å². The fourth-order valence-corrected chi connectivity index (χ4v) is 4.03. The zero-order chi connectivity index (χ0) is 16.9. The summed E-state index contributed by atoms with van der Waals surface area (Å²) in [6.45, 7) is 3.97. The van der Waals surface area contributed by atoms with Crippen LogP contribution in [0.4, 0.5) is 0 Å². The number of oxime groups is 1. The van der Waals surface area contributed by atoms with E-state index in [0.717, 1.165) is 32.2 Å². The van der Waals surface area contributed by atoms with Gasteiger partial charge in [-0.2, -0.15) is 0 Å². The average Bonchev–Trinajstić information content (AvgIpc) is 2.76. The number of rotatable bonds is 8. The fraction of sp³-hybridized carbons (Fsp3) is 0.941. The number of ether oxygens (including phenoxy) is 1. The standard InChI is InChI=1S/C17H32N2O4/c1-16-6-5-15(22-11-9-20)12-17(16,21)7-4-14(16)13-18-23-10-8-19(2)3/h13-15,20-21H,4-12H2,1-3H3/b18-13+/t14-,15+,16-,17+/m1/s1. The molecule has 0 spiro atoms. The number of hydrogen-bond donors (Lipinski definition) is 2. The molecule has 6 nitrogen and oxygen atoms in total. The van der Waals surface area contributed by atoms with Crippen LogP contribution in [0.1, 0.15) is 39.0 Å². The van der Waals surface area contributed by atoms with E-state index >= 15 is 0 Å². The third-order valence-corrected chi connectivity index (χ3v) is 5.69. The minimum atomic E-state index is -0.703. The lowest BCUT2D eigenvalue weighted by atomic mass is 9.62. The third kappa shape index (κ3) is 4.24. The summed E-state index contributed by atoms with van der Waals surface area (Å²) in [7, 11) is 4.00. The van der Waals surface area contributed by atoms with Gasteiger partial charge in [0.15, 0.2) is 0 Å². The van der Waals surface area contributed by atoms with Crippen molar-refractivity contribution in [1.29, 1.82) is 0 Å². The van der Waals surface area contributed by atoms with E-state index < -0.39 is 5.60 Å². The first kappa shape index (κ1) is 18.6. The Kier molecular flexibility index (Phi) is 6.42. The van der Waals surface area contributed by atoms with Gasteiger partial charge in [-0.1, -0.05) is 12.1 Å². The Morgan fingerprint density at radius 1 is 1.26 bits per heavy atom. The van der Waals surface area contributed by atoms with Crippen molar-refractivity contribution in [2.24, 2.45) is 16.5 Å². The lowest BCUT2D eigenvalue weighted by molar-refractivity contribution is -0.139. The van der Waals surface area contributed by atoms with E-state index in [1.165, 1.54) is 0 Å². The highest BCUT2D eigenvalue weighted by atomic mass is 16.6. The maximum atomic E-state index is 11.1. The highest BCUT2D eigenvalue weighted by molar-refractivity contribution is 5.62. The molecule has 0 aromatic rings. The molecular weight excluding hydrogens is 296 g/mol. The fourth-order valence-electron chi connectivity index (χ4n) is 4.03. The quantitative estimate of drug-likeness (QED) is 0.399. The molecule has 2 saturated carbocycles. The molecule has 2 N–H and O–H groups in total. The van der Waals surface area contributed by atoms with Crippen molar-refractivity contribution in [3.63, 3.8) is 0 Å². The van der Waals surface area contributed by atoms with Gasteiger partial charge in [0.25, 0.3) is 0 Å². The average molecular weight is 328 g/mol. The molecular formula is C17H32N2O4. The summed E-state index contributed by atoms with van der Waals surface area (Å²) >= 11 is 0. The lowest BCUT2D eigenvalue weighted by Crippen LogP contribution is -2.51. The zero-order valence-corrected chi connectivity index (χ0v) is 14.7. The molecule has 0 amide bonds. The monoisotopic (exact) mass is 328 g/mol. The SMILES string of the molecule is CN(C)CCO/N=C/[C@H]1CC[C@]2(O)C[C@@H](OCCO)CC[C@]12C. The Morgan fingerprint density at radius 2 is 2.04 bits per heavy atom.